The van der Waals surface area contributed by atoms with E-state index in [9.17, 15) is 4.79 Å². The summed E-state index contributed by atoms with van der Waals surface area (Å²) in [6.07, 6.45) is 2.40. The van der Waals surface area contributed by atoms with Crippen molar-refractivity contribution in [3.8, 4) is 0 Å². The average molecular weight is 281 g/mol. The van der Waals surface area contributed by atoms with Gasteiger partial charge in [0, 0.05) is 19.1 Å². The fourth-order valence-corrected chi connectivity index (χ4v) is 3.24. The second-order valence-electron chi connectivity index (χ2n) is 5.24. The van der Waals surface area contributed by atoms with Gasteiger partial charge in [-0.05, 0) is 25.8 Å². The number of ether oxygens (including phenoxy) is 1. The van der Waals surface area contributed by atoms with Crippen LogP contribution in [0.1, 0.15) is 29.4 Å². The minimum absolute atomic E-state index is 0.0300. The first-order valence-electron chi connectivity index (χ1n) is 6.70. The summed E-state index contributed by atoms with van der Waals surface area (Å²) in [5.74, 6) is -0.0300. The van der Waals surface area contributed by atoms with E-state index in [4.69, 9.17) is 10.5 Å². The first-order chi connectivity index (χ1) is 9.13. The number of amides is 1. The summed E-state index contributed by atoms with van der Waals surface area (Å²) in [6.45, 7) is 4.49. The second kappa shape index (κ2) is 5.02. The normalized spacial score (nSPS) is 23.4. The standard InChI is InChI=1S/C13H19N3O2S/c1-8-7-16(4-5-18-8)11-6-10(14)12(19-11)13(17)15-9-2-3-9/h6,8-9H,2-5,7,14H2,1H3,(H,15,17). The molecule has 104 valence electrons. The number of nitrogen functional groups attached to an aromatic ring is 1. The molecule has 2 aliphatic rings. The lowest BCUT2D eigenvalue weighted by Crippen LogP contribution is -2.40. The van der Waals surface area contributed by atoms with E-state index in [0.717, 1.165) is 37.5 Å². The number of nitrogens with zero attached hydrogens (tertiary/aromatic N) is 1. The molecular weight excluding hydrogens is 262 g/mol. The summed E-state index contributed by atoms with van der Waals surface area (Å²) in [5.41, 5.74) is 6.55. The molecule has 0 bridgehead atoms. The van der Waals surface area contributed by atoms with Gasteiger partial charge >= 0.3 is 0 Å². The van der Waals surface area contributed by atoms with E-state index >= 15 is 0 Å². The number of nitrogens with two attached hydrogens (primary N) is 1. The van der Waals surface area contributed by atoms with E-state index in [-0.39, 0.29) is 12.0 Å². The van der Waals surface area contributed by atoms with Crippen LogP contribution in [0.5, 0.6) is 0 Å². The predicted octanol–water partition coefficient (Wildman–Crippen LogP) is 1.45. The van der Waals surface area contributed by atoms with Crippen molar-refractivity contribution < 1.29 is 9.53 Å². The van der Waals surface area contributed by atoms with Gasteiger partial charge in [-0.25, -0.2) is 0 Å². The number of hydrogen-bond acceptors (Lipinski definition) is 5. The van der Waals surface area contributed by atoms with E-state index in [0.29, 0.717) is 16.6 Å². The van der Waals surface area contributed by atoms with E-state index in [1.54, 1.807) is 0 Å². The number of rotatable bonds is 3. The van der Waals surface area contributed by atoms with Gasteiger partial charge in [-0.2, -0.15) is 0 Å². The molecule has 3 N–H and O–H groups in total. The van der Waals surface area contributed by atoms with Crippen LogP contribution < -0.4 is 16.0 Å². The van der Waals surface area contributed by atoms with Gasteiger partial charge in [0.1, 0.15) is 4.88 Å². The quantitative estimate of drug-likeness (QED) is 0.880. The Labute approximate surface area is 116 Å². The fraction of sp³-hybridized carbons (Fsp3) is 0.615. The van der Waals surface area contributed by atoms with Crippen molar-refractivity contribution in [2.75, 3.05) is 30.3 Å². The highest BCUT2D eigenvalue weighted by Crippen LogP contribution is 2.33. The van der Waals surface area contributed by atoms with Gasteiger partial charge in [0.05, 0.1) is 23.4 Å². The number of morpholine rings is 1. The SMILES string of the molecule is CC1CN(c2cc(N)c(C(=O)NC3CC3)s2)CCO1. The summed E-state index contributed by atoms with van der Waals surface area (Å²) in [7, 11) is 0. The molecule has 1 aliphatic carbocycles. The van der Waals surface area contributed by atoms with Crippen LogP contribution >= 0.6 is 11.3 Å². The number of nitrogens with one attached hydrogen (secondary N) is 1. The fourth-order valence-electron chi connectivity index (χ4n) is 2.22. The molecule has 6 heteroatoms. The lowest BCUT2D eigenvalue weighted by atomic mass is 10.3. The van der Waals surface area contributed by atoms with Crippen LogP contribution in [-0.2, 0) is 4.74 Å². The van der Waals surface area contributed by atoms with Crippen LogP contribution in [0, 0.1) is 0 Å². The summed E-state index contributed by atoms with van der Waals surface area (Å²) in [5, 5.41) is 4.05. The molecule has 3 rings (SSSR count). The third-order valence-corrected chi connectivity index (χ3v) is 4.63. The molecule has 5 nitrogen and oxygen atoms in total. The molecule has 1 aromatic heterocycles. The lowest BCUT2D eigenvalue weighted by Gasteiger charge is -2.31. The maximum atomic E-state index is 12.1. The van der Waals surface area contributed by atoms with Crippen LogP contribution in [0.25, 0.3) is 0 Å². The minimum Gasteiger partial charge on any atom is -0.397 e. The zero-order chi connectivity index (χ0) is 13.4. The number of carbonyl (C=O) groups is 1. The lowest BCUT2D eigenvalue weighted by molar-refractivity contribution is 0.0534. The van der Waals surface area contributed by atoms with Crippen LogP contribution in [0.4, 0.5) is 10.7 Å². The minimum atomic E-state index is -0.0300. The molecule has 1 unspecified atom stereocenters. The largest absolute Gasteiger partial charge is 0.397 e. The van der Waals surface area contributed by atoms with E-state index < -0.39 is 0 Å². The topological polar surface area (TPSA) is 67.6 Å². The molecule has 1 saturated heterocycles. The number of anilines is 2. The number of carbonyl (C=O) groups excluding carboxylic acids is 1. The molecule has 1 saturated carbocycles. The van der Waals surface area contributed by atoms with Crippen LogP contribution in [0.2, 0.25) is 0 Å². The van der Waals surface area contributed by atoms with Gasteiger partial charge in [-0.3, -0.25) is 4.79 Å². The smallest absolute Gasteiger partial charge is 0.263 e. The summed E-state index contributed by atoms with van der Waals surface area (Å²) in [6, 6.07) is 2.27. The molecule has 0 aromatic carbocycles. The molecule has 1 aromatic rings. The van der Waals surface area contributed by atoms with Gasteiger partial charge in [-0.15, -0.1) is 11.3 Å². The molecule has 2 fully saturated rings. The Kier molecular flexibility index (Phi) is 3.36. The monoisotopic (exact) mass is 281 g/mol. The molecule has 0 radical (unpaired) electrons. The van der Waals surface area contributed by atoms with Crippen molar-refractivity contribution in [1.82, 2.24) is 5.32 Å². The summed E-state index contributed by atoms with van der Waals surface area (Å²) >= 11 is 1.48. The zero-order valence-electron chi connectivity index (χ0n) is 11.0. The molecule has 1 aliphatic heterocycles. The third-order valence-electron chi connectivity index (χ3n) is 3.42. The maximum Gasteiger partial charge on any atom is 0.263 e. The molecule has 2 heterocycles. The molecule has 1 atom stereocenters. The first-order valence-corrected chi connectivity index (χ1v) is 7.52. The maximum absolute atomic E-state index is 12.1. The van der Waals surface area contributed by atoms with Gasteiger partial charge in [0.2, 0.25) is 0 Å². The van der Waals surface area contributed by atoms with E-state index in [1.807, 2.05) is 6.07 Å². The second-order valence-corrected chi connectivity index (χ2v) is 6.27. The van der Waals surface area contributed by atoms with Crippen LogP contribution in [0.3, 0.4) is 0 Å². The summed E-state index contributed by atoms with van der Waals surface area (Å²) < 4.78 is 5.53. The Balaban J connectivity index is 1.74. The number of thiophene rings is 1. The highest BCUT2D eigenvalue weighted by Gasteiger charge is 2.27. The Bertz CT molecular complexity index is 484. The van der Waals surface area contributed by atoms with Crippen molar-refractivity contribution in [2.45, 2.75) is 31.9 Å². The molecular formula is C13H19N3O2S. The Morgan fingerprint density at radius 1 is 1.58 bits per heavy atom. The Hall–Kier alpha value is -1.27. The Morgan fingerprint density at radius 3 is 3.05 bits per heavy atom. The highest BCUT2D eigenvalue weighted by molar-refractivity contribution is 7.18. The van der Waals surface area contributed by atoms with Crippen LogP contribution in [0.15, 0.2) is 6.07 Å². The van der Waals surface area contributed by atoms with Crippen molar-refractivity contribution in [1.29, 1.82) is 0 Å². The van der Waals surface area contributed by atoms with Crippen LogP contribution in [-0.4, -0.2) is 37.7 Å². The molecule has 0 spiro atoms. The van der Waals surface area contributed by atoms with E-state index in [1.165, 1.54) is 11.3 Å². The number of hydrogen-bond donors (Lipinski definition) is 2. The molecule has 19 heavy (non-hydrogen) atoms. The van der Waals surface area contributed by atoms with E-state index in [2.05, 4.69) is 17.1 Å². The first kappa shape index (κ1) is 12.7. The Morgan fingerprint density at radius 2 is 2.37 bits per heavy atom. The van der Waals surface area contributed by atoms with Gasteiger partial charge < -0.3 is 20.7 Å². The van der Waals surface area contributed by atoms with Crippen molar-refractivity contribution in [3.05, 3.63) is 10.9 Å². The predicted molar refractivity (Wildman–Crippen MR) is 76.8 cm³/mol. The summed E-state index contributed by atoms with van der Waals surface area (Å²) in [4.78, 5) is 14.9. The highest BCUT2D eigenvalue weighted by atomic mass is 32.1. The van der Waals surface area contributed by atoms with Gasteiger partial charge in [0.25, 0.3) is 5.91 Å². The van der Waals surface area contributed by atoms with Gasteiger partial charge in [0.15, 0.2) is 0 Å². The van der Waals surface area contributed by atoms with Crippen molar-refractivity contribution >= 4 is 27.9 Å². The van der Waals surface area contributed by atoms with Crippen molar-refractivity contribution in [2.24, 2.45) is 0 Å². The van der Waals surface area contributed by atoms with Crippen molar-refractivity contribution in [3.63, 3.8) is 0 Å². The third kappa shape index (κ3) is 2.84. The van der Waals surface area contributed by atoms with Gasteiger partial charge in [-0.1, -0.05) is 0 Å². The zero-order valence-corrected chi connectivity index (χ0v) is 11.8. The average Bonchev–Trinajstić information content (AvgIpc) is 3.09. The molecule has 1 amide bonds.